The Morgan fingerprint density at radius 1 is 0.923 bits per heavy atom. The molecule has 0 unspecified atom stereocenters. The van der Waals surface area contributed by atoms with Crippen LogP contribution in [0.5, 0.6) is 0 Å². The van der Waals surface area contributed by atoms with Crippen LogP contribution in [0.1, 0.15) is 18.1 Å². The van der Waals surface area contributed by atoms with Crippen LogP contribution in [-0.4, -0.2) is 10.5 Å². The van der Waals surface area contributed by atoms with Crippen molar-refractivity contribution in [3.63, 3.8) is 0 Å². The Balaban J connectivity index is 1.72. The zero-order valence-corrected chi connectivity index (χ0v) is 14.5. The first-order valence-corrected chi connectivity index (χ1v) is 8.89. The summed E-state index contributed by atoms with van der Waals surface area (Å²) >= 11 is 0. The van der Waals surface area contributed by atoms with Crippen LogP contribution in [0.15, 0.2) is 66.7 Å². The van der Waals surface area contributed by atoms with Gasteiger partial charge in [-0.3, -0.25) is 4.79 Å². The van der Waals surface area contributed by atoms with Crippen molar-refractivity contribution in [1.29, 1.82) is 0 Å². The lowest BCUT2D eigenvalue weighted by Gasteiger charge is -2.03. The number of para-hydroxylation sites is 2. The van der Waals surface area contributed by atoms with E-state index in [-0.39, 0.29) is 5.91 Å². The minimum atomic E-state index is -0.0396. The van der Waals surface area contributed by atoms with Crippen LogP contribution in [0, 0.1) is 0 Å². The number of amides is 1. The maximum absolute atomic E-state index is 12.4. The van der Waals surface area contributed by atoms with E-state index in [1.54, 1.807) is 0 Å². The molecule has 4 aromatic rings. The Bertz CT molecular complexity index is 1210. The third-order valence-electron chi connectivity index (χ3n) is 5.13. The minimum absolute atomic E-state index is 0.0396. The number of hydrogen-bond donors (Lipinski definition) is 1. The molecule has 0 aliphatic carbocycles. The van der Waals surface area contributed by atoms with Gasteiger partial charge in [-0.05, 0) is 42.8 Å². The molecule has 1 aliphatic rings. The van der Waals surface area contributed by atoms with Crippen molar-refractivity contribution in [2.24, 2.45) is 0 Å². The third kappa shape index (κ3) is 2.10. The highest BCUT2D eigenvalue weighted by Gasteiger charge is 2.23. The standard InChI is InChI=1S/C23H18N2O/c1-2-25-21-10-6-4-8-17(21)18-13-15(11-12-22(18)25)14-19-16-7-3-5-9-20(16)24-23(19)26/h3-14H,2H2,1H3,(H,24,26). The highest BCUT2D eigenvalue weighted by atomic mass is 16.2. The SMILES string of the molecule is CCn1c2ccccc2c2cc(C=C3C(=O)Nc4ccccc43)ccc21. The lowest BCUT2D eigenvalue weighted by Crippen LogP contribution is -2.03. The van der Waals surface area contributed by atoms with Crippen molar-refractivity contribution in [3.8, 4) is 0 Å². The van der Waals surface area contributed by atoms with E-state index < -0.39 is 0 Å². The number of nitrogens with zero attached hydrogens (tertiary/aromatic N) is 1. The molecule has 2 heterocycles. The van der Waals surface area contributed by atoms with Crippen molar-refractivity contribution >= 4 is 45.0 Å². The fourth-order valence-corrected chi connectivity index (χ4v) is 3.95. The van der Waals surface area contributed by atoms with Crippen LogP contribution in [0.25, 0.3) is 33.5 Å². The summed E-state index contributed by atoms with van der Waals surface area (Å²) in [7, 11) is 0. The predicted octanol–water partition coefficient (Wildman–Crippen LogP) is 5.31. The zero-order valence-electron chi connectivity index (χ0n) is 14.5. The number of benzene rings is 3. The van der Waals surface area contributed by atoms with E-state index >= 15 is 0 Å². The number of fused-ring (bicyclic) bond motifs is 4. The maximum atomic E-state index is 12.4. The van der Waals surface area contributed by atoms with Gasteiger partial charge < -0.3 is 9.88 Å². The largest absolute Gasteiger partial charge is 0.341 e. The normalized spacial score (nSPS) is 15.0. The lowest BCUT2D eigenvalue weighted by atomic mass is 10.0. The molecule has 1 aliphatic heterocycles. The van der Waals surface area contributed by atoms with Crippen molar-refractivity contribution in [3.05, 3.63) is 77.9 Å². The number of aryl methyl sites for hydroxylation is 1. The lowest BCUT2D eigenvalue weighted by molar-refractivity contribution is -0.110. The number of rotatable bonds is 2. The first-order chi connectivity index (χ1) is 12.8. The molecular weight excluding hydrogens is 320 g/mol. The van der Waals surface area contributed by atoms with Crippen LogP contribution in [0.4, 0.5) is 5.69 Å². The second-order valence-electron chi connectivity index (χ2n) is 6.60. The molecule has 0 saturated heterocycles. The molecule has 126 valence electrons. The van der Waals surface area contributed by atoms with Crippen LogP contribution in [0.2, 0.25) is 0 Å². The number of anilines is 1. The molecule has 1 amide bonds. The van der Waals surface area contributed by atoms with Crippen LogP contribution in [0.3, 0.4) is 0 Å². The first-order valence-electron chi connectivity index (χ1n) is 8.89. The fourth-order valence-electron chi connectivity index (χ4n) is 3.95. The maximum Gasteiger partial charge on any atom is 0.256 e. The van der Waals surface area contributed by atoms with Gasteiger partial charge in [0.1, 0.15) is 0 Å². The summed E-state index contributed by atoms with van der Waals surface area (Å²) in [6, 6.07) is 22.7. The van der Waals surface area contributed by atoms with E-state index in [1.807, 2.05) is 30.3 Å². The van der Waals surface area contributed by atoms with Gasteiger partial charge in [0.25, 0.3) is 5.91 Å². The summed E-state index contributed by atoms with van der Waals surface area (Å²) in [6.45, 7) is 3.10. The van der Waals surface area contributed by atoms with Crippen LogP contribution >= 0.6 is 0 Å². The molecule has 0 spiro atoms. The first kappa shape index (κ1) is 15.0. The van der Waals surface area contributed by atoms with Gasteiger partial charge in [-0.25, -0.2) is 0 Å². The van der Waals surface area contributed by atoms with E-state index in [0.717, 1.165) is 28.9 Å². The van der Waals surface area contributed by atoms with Gasteiger partial charge in [0, 0.05) is 45.2 Å². The summed E-state index contributed by atoms with van der Waals surface area (Å²) in [5.74, 6) is -0.0396. The molecule has 0 radical (unpaired) electrons. The fraction of sp³-hybridized carbons (Fsp3) is 0.0870. The summed E-state index contributed by atoms with van der Waals surface area (Å²) in [5.41, 5.74) is 6.09. The molecule has 1 aromatic heterocycles. The summed E-state index contributed by atoms with van der Waals surface area (Å²) in [4.78, 5) is 12.4. The molecule has 3 aromatic carbocycles. The number of carbonyl (C=O) groups is 1. The Kier molecular flexibility index (Phi) is 3.22. The van der Waals surface area contributed by atoms with E-state index in [0.29, 0.717) is 0 Å². The predicted molar refractivity (Wildman–Crippen MR) is 108 cm³/mol. The molecule has 1 N–H and O–H groups in total. The smallest absolute Gasteiger partial charge is 0.256 e. The average molecular weight is 338 g/mol. The highest BCUT2D eigenvalue weighted by Crippen LogP contribution is 2.34. The van der Waals surface area contributed by atoms with Gasteiger partial charge in [0.15, 0.2) is 0 Å². The Morgan fingerprint density at radius 2 is 1.69 bits per heavy atom. The third-order valence-corrected chi connectivity index (χ3v) is 5.13. The van der Waals surface area contributed by atoms with Gasteiger partial charge in [-0.15, -0.1) is 0 Å². The van der Waals surface area contributed by atoms with Crippen molar-refractivity contribution in [2.75, 3.05) is 5.32 Å². The molecule has 3 heteroatoms. The van der Waals surface area contributed by atoms with Crippen LogP contribution in [-0.2, 0) is 11.3 Å². The summed E-state index contributed by atoms with van der Waals surface area (Å²) in [6.07, 6.45) is 1.98. The second-order valence-corrected chi connectivity index (χ2v) is 6.60. The quantitative estimate of drug-likeness (QED) is 0.494. The molecule has 0 atom stereocenters. The average Bonchev–Trinajstić information content (AvgIpc) is 3.16. The van der Waals surface area contributed by atoms with E-state index in [9.17, 15) is 4.79 Å². The highest BCUT2D eigenvalue weighted by molar-refractivity contribution is 6.35. The number of nitrogens with one attached hydrogen (secondary N) is 1. The van der Waals surface area contributed by atoms with Crippen molar-refractivity contribution < 1.29 is 4.79 Å². The zero-order chi connectivity index (χ0) is 17.7. The minimum Gasteiger partial charge on any atom is -0.341 e. The molecule has 26 heavy (non-hydrogen) atoms. The van der Waals surface area contributed by atoms with Gasteiger partial charge in [0.2, 0.25) is 0 Å². The van der Waals surface area contributed by atoms with Crippen molar-refractivity contribution in [1.82, 2.24) is 4.57 Å². The molecule has 3 nitrogen and oxygen atoms in total. The number of carbonyl (C=O) groups excluding carboxylic acids is 1. The summed E-state index contributed by atoms with van der Waals surface area (Å²) < 4.78 is 2.33. The molecule has 0 bridgehead atoms. The Hall–Kier alpha value is -3.33. The number of hydrogen-bond acceptors (Lipinski definition) is 1. The van der Waals surface area contributed by atoms with Crippen LogP contribution < -0.4 is 5.32 Å². The molecule has 5 rings (SSSR count). The molecule has 0 saturated carbocycles. The summed E-state index contributed by atoms with van der Waals surface area (Å²) in [5, 5.41) is 5.41. The van der Waals surface area contributed by atoms with Crippen molar-refractivity contribution in [2.45, 2.75) is 13.5 Å². The Labute approximate surface area is 151 Å². The van der Waals surface area contributed by atoms with E-state index in [1.165, 1.54) is 21.8 Å². The van der Waals surface area contributed by atoms with Gasteiger partial charge in [0.05, 0.1) is 0 Å². The molecule has 0 fully saturated rings. The second kappa shape index (κ2) is 5.60. The van der Waals surface area contributed by atoms with Gasteiger partial charge in [-0.2, -0.15) is 0 Å². The monoisotopic (exact) mass is 338 g/mol. The van der Waals surface area contributed by atoms with Gasteiger partial charge in [-0.1, -0.05) is 42.5 Å². The van der Waals surface area contributed by atoms with Gasteiger partial charge >= 0.3 is 0 Å². The molecular formula is C23H18N2O. The Morgan fingerprint density at radius 3 is 2.58 bits per heavy atom. The topological polar surface area (TPSA) is 34.0 Å². The number of aromatic nitrogens is 1. The van der Waals surface area contributed by atoms with E-state index in [4.69, 9.17) is 0 Å². The van der Waals surface area contributed by atoms with E-state index in [2.05, 4.69) is 59.3 Å².